The predicted octanol–water partition coefficient (Wildman–Crippen LogP) is 6.49. The summed E-state index contributed by atoms with van der Waals surface area (Å²) in [5.74, 6) is 5.00. The van der Waals surface area contributed by atoms with Crippen LogP contribution in [0, 0.1) is 0 Å². The number of nitrogens with zero attached hydrogens (tertiary/aromatic N) is 2. The lowest BCUT2D eigenvalue weighted by atomic mass is 10.1. The smallest absolute Gasteiger partial charge is 0.238 e. The highest BCUT2D eigenvalue weighted by Crippen LogP contribution is 2.46. The van der Waals surface area contributed by atoms with Crippen LogP contribution in [0.2, 0.25) is 0 Å². The third-order valence-corrected chi connectivity index (χ3v) is 9.99. The Morgan fingerprint density at radius 3 is 1.42 bits per heavy atom. The second kappa shape index (κ2) is 10.7. The third kappa shape index (κ3) is 4.78. The van der Waals surface area contributed by atoms with E-state index in [0.29, 0.717) is 34.5 Å². The number of benzene rings is 4. The molecule has 11 heteroatoms. The summed E-state index contributed by atoms with van der Waals surface area (Å²) in [7, 11) is 0. The summed E-state index contributed by atoms with van der Waals surface area (Å²) in [6, 6.07) is 26.6. The van der Waals surface area contributed by atoms with Crippen molar-refractivity contribution in [2.45, 2.75) is 10.7 Å². The lowest BCUT2D eigenvalue weighted by molar-refractivity contribution is -0.116. The van der Waals surface area contributed by atoms with Gasteiger partial charge in [-0.15, -0.1) is 23.5 Å². The number of fused-ring (bicyclic) bond motifs is 2. The first-order valence-corrected chi connectivity index (χ1v) is 15.7. The van der Waals surface area contributed by atoms with E-state index in [0.717, 1.165) is 34.0 Å². The van der Waals surface area contributed by atoms with Gasteiger partial charge in [0.05, 0.1) is 11.5 Å². The van der Waals surface area contributed by atoms with Crippen LogP contribution in [0.15, 0.2) is 84.9 Å². The molecule has 4 aliphatic heterocycles. The van der Waals surface area contributed by atoms with Crippen LogP contribution < -0.4 is 33.5 Å². The molecule has 4 heterocycles. The average Bonchev–Trinajstić information content (AvgIpc) is 3.84. The SMILES string of the molecule is O=C1CSC(c2ccc3c(c2)OCO3)N1c1ccc(Oc2ccc(N3C(=O)CSC3c3ccc4c(c3)OCO4)cc2)cc1. The van der Waals surface area contributed by atoms with Gasteiger partial charge < -0.3 is 23.7 Å². The van der Waals surface area contributed by atoms with Gasteiger partial charge in [-0.3, -0.25) is 19.4 Å². The molecule has 216 valence electrons. The zero-order chi connectivity index (χ0) is 28.9. The summed E-state index contributed by atoms with van der Waals surface area (Å²) in [6.45, 7) is 0.418. The van der Waals surface area contributed by atoms with Gasteiger partial charge in [0.15, 0.2) is 23.0 Å². The van der Waals surface area contributed by atoms with Gasteiger partial charge >= 0.3 is 0 Å². The van der Waals surface area contributed by atoms with Gasteiger partial charge in [-0.25, -0.2) is 0 Å². The van der Waals surface area contributed by atoms with Crippen molar-refractivity contribution < 1.29 is 33.3 Å². The Morgan fingerprint density at radius 1 is 0.558 bits per heavy atom. The van der Waals surface area contributed by atoms with Gasteiger partial charge in [-0.1, -0.05) is 12.1 Å². The molecule has 4 aromatic carbocycles. The molecule has 4 aromatic rings. The molecule has 4 aliphatic rings. The zero-order valence-electron chi connectivity index (χ0n) is 22.6. The summed E-state index contributed by atoms with van der Waals surface area (Å²) in [4.78, 5) is 29.4. The Balaban J connectivity index is 0.971. The average molecular weight is 613 g/mol. The highest BCUT2D eigenvalue weighted by molar-refractivity contribution is 8.01. The van der Waals surface area contributed by atoms with Crippen molar-refractivity contribution in [3.63, 3.8) is 0 Å². The fraction of sp³-hybridized carbons (Fsp3) is 0.188. The second-order valence-electron chi connectivity index (χ2n) is 10.2. The largest absolute Gasteiger partial charge is 0.457 e. The molecule has 8 rings (SSSR count). The summed E-state index contributed by atoms with van der Waals surface area (Å²) in [5, 5.41) is -0.316. The fourth-order valence-electron chi connectivity index (χ4n) is 5.52. The summed E-state index contributed by atoms with van der Waals surface area (Å²) in [6.07, 6.45) is 0. The van der Waals surface area contributed by atoms with Gasteiger partial charge in [0.1, 0.15) is 22.2 Å². The molecule has 0 aliphatic carbocycles. The minimum atomic E-state index is -0.158. The van der Waals surface area contributed by atoms with E-state index in [2.05, 4.69) is 0 Å². The first-order valence-electron chi connectivity index (χ1n) is 13.7. The predicted molar refractivity (Wildman–Crippen MR) is 163 cm³/mol. The molecule has 0 spiro atoms. The minimum Gasteiger partial charge on any atom is -0.457 e. The highest BCUT2D eigenvalue weighted by Gasteiger charge is 2.36. The van der Waals surface area contributed by atoms with Crippen LogP contribution in [0.5, 0.6) is 34.5 Å². The molecule has 43 heavy (non-hydrogen) atoms. The van der Waals surface area contributed by atoms with Crippen molar-refractivity contribution in [1.29, 1.82) is 0 Å². The van der Waals surface area contributed by atoms with E-state index in [9.17, 15) is 9.59 Å². The molecule has 9 nitrogen and oxygen atoms in total. The van der Waals surface area contributed by atoms with E-state index in [1.807, 2.05) is 94.7 Å². The van der Waals surface area contributed by atoms with Crippen molar-refractivity contribution in [1.82, 2.24) is 0 Å². The molecular formula is C32H24N2O7S2. The Hall–Kier alpha value is -4.48. The Bertz CT molecular complexity index is 1600. The van der Waals surface area contributed by atoms with Crippen LogP contribution in [-0.2, 0) is 9.59 Å². The maximum absolute atomic E-state index is 12.9. The standard InChI is InChI=1S/C32H24N2O7S2/c35-29-15-42-31(19-1-11-25-27(13-19)39-17-37-25)33(29)21-3-7-23(8-4-21)41-24-9-5-22(6-10-24)34-30(36)16-43-32(34)20-2-12-26-28(14-20)40-18-38-26/h1-14,31-32H,15-18H2. The van der Waals surface area contributed by atoms with Crippen LogP contribution in [0.25, 0.3) is 0 Å². The van der Waals surface area contributed by atoms with E-state index < -0.39 is 0 Å². The van der Waals surface area contributed by atoms with Gasteiger partial charge in [0, 0.05) is 11.4 Å². The molecule has 2 unspecified atom stereocenters. The van der Waals surface area contributed by atoms with Gasteiger partial charge in [0.25, 0.3) is 0 Å². The van der Waals surface area contributed by atoms with E-state index in [1.54, 1.807) is 23.5 Å². The van der Waals surface area contributed by atoms with Gasteiger partial charge in [-0.05, 0) is 83.9 Å². The highest BCUT2D eigenvalue weighted by atomic mass is 32.2. The van der Waals surface area contributed by atoms with E-state index in [1.165, 1.54) is 0 Å². The first-order chi connectivity index (χ1) is 21.1. The maximum Gasteiger partial charge on any atom is 0.238 e. The van der Waals surface area contributed by atoms with Crippen LogP contribution in [-0.4, -0.2) is 36.9 Å². The number of carbonyl (C=O) groups excluding carboxylic acids is 2. The van der Waals surface area contributed by atoms with E-state index >= 15 is 0 Å². The molecule has 0 bridgehead atoms. The monoisotopic (exact) mass is 612 g/mol. The van der Waals surface area contributed by atoms with Crippen molar-refractivity contribution in [2.75, 3.05) is 34.9 Å². The number of carbonyl (C=O) groups is 2. The maximum atomic E-state index is 12.9. The molecule has 2 atom stereocenters. The molecule has 0 N–H and O–H groups in total. The summed E-state index contributed by atoms with van der Waals surface area (Å²) >= 11 is 3.16. The normalized spacial score (nSPS) is 20.3. The number of ether oxygens (including phenoxy) is 5. The number of rotatable bonds is 6. The van der Waals surface area contributed by atoms with Gasteiger partial charge in [0.2, 0.25) is 25.4 Å². The topological polar surface area (TPSA) is 86.8 Å². The van der Waals surface area contributed by atoms with Crippen molar-refractivity contribution in [3.8, 4) is 34.5 Å². The van der Waals surface area contributed by atoms with Crippen molar-refractivity contribution in [3.05, 3.63) is 96.1 Å². The quantitative estimate of drug-likeness (QED) is 0.242. The zero-order valence-corrected chi connectivity index (χ0v) is 24.3. The summed E-state index contributed by atoms with van der Waals surface area (Å²) < 4.78 is 28.1. The van der Waals surface area contributed by atoms with E-state index in [4.69, 9.17) is 23.7 Å². The van der Waals surface area contributed by atoms with Crippen LogP contribution >= 0.6 is 23.5 Å². The fourth-order valence-corrected chi connectivity index (χ4v) is 7.85. The molecule has 2 fully saturated rings. The van der Waals surface area contributed by atoms with Crippen LogP contribution in [0.4, 0.5) is 11.4 Å². The lowest BCUT2D eigenvalue weighted by Crippen LogP contribution is -2.27. The Morgan fingerprint density at radius 2 is 0.977 bits per heavy atom. The molecule has 0 saturated carbocycles. The first kappa shape index (κ1) is 26.2. The second-order valence-corrected chi connectivity index (χ2v) is 12.3. The number of hydrogen-bond donors (Lipinski definition) is 0. The minimum absolute atomic E-state index is 0.0469. The molecular weight excluding hydrogens is 588 g/mol. The lowest BCUT2D eigenvalue weighted by Gasteiger charge is -2.25. The molecule has 0 radical (unpaired) electrons. The summed E-state index contributed by atoms with van der Waals surface area (Å²) in [5.41, 5.74) is 3.55. The number of anilines is 2. The van der Waals surface area contributed by atoms with Gasteiger partial charge in [-0.2, -0.15) is 0 Å². The van der Waals surface area contributed by atoms with Crippen molar-refractivity contribution in [2.24, 2.45) is 0 Å². The molecule has 2 amide bonds. The number of amides is 2. The molecule has 0 aromatic heterocycles. The molecule has 2 saturated heterocycles. The third-order valence-electron chi connectivity index (χ3n) is 7.56. The number of hydrogen-bond acceptors (Lipinski definition) is 9. The Kier molecular flexibility index (Phi) is 6.49. The van der Waals surface area contributed by atoms with Crippen LogP contribution in [0.1, 0.15) is 21.9 Å². The van der Waals surface area contributed by atoms with E-state index in [-0.39, 0.29) is 36.1 Å². The Labute approximate surface area is 255 Å². The van der Waals surface area contributed by atoms with Crippen LogP contribution in [0.3, 0.4) is 0 Å². The van der Waals surface area contributed by atoms with Crippen molar-refractivity contribution >= 4 is 46.7 Å². The number of thioether (sulfide) groups is 2.